The molecule has 0 bridgehead atoms. The molecule has 2 heterocycles. The second-order valence-electron chi connectivity index (χ2n) is 2.85. The normalized spacial score (nSPS) is 11.8. The lowest BCUT2D eigenvalue weighted by Gasteiger charge is -2.00. The summed E-state index contributed by atoms with van der Waals surface area (Å²) in [6.45, 7) is -0.0172. The molecule has 8 nitrogen and oxygen atoms in total. The Labute approximate surface area is 94.9 Å². The van der Waals surface area contributed by atoms with Crippen LogP contribution in [0.15, 0.2) is 15.7 Å². The number of nitrogen functional groups attached to an aromatic ring is 1. The summed E-state index contributed by atoms with van der Waals surface area (Å²) in [6, 6.07) is 1.39. The Morgan fingerprint density at radius 2 is 2.38 bits per heavy atom. The van der Waals surface area contributed by atoms with Crippen LogP contribution in [0.2, 0.25) is 0 Å². The van der Waals surface area contributed by atoms with Crippen LogP contribution >= 0.6 is 11.3 Å². The van der Waals surface area contributed by atoms with Crippen molar-refractivity contribution in [1.82, 2.24) is 25.3 Å². The lowest BCUT2D eigenvalue weighted by molar-refractivity contribution is 0.581. The second-order valence-corrected chi connectivity index (χ2v) is 5.76. The fraction of sp³-hybridized carbons (Fsp3) is 0.167. The molecule has 4 N–H and O–H groups in total. The van der Waals surface area contributed by atoms with Crippen LogP contribution in [0, 0.1) is 0 Å². The van der Waals surface area contributed by atoms with E-state index in [0.717, 1.165) is 11.3 Å². The van der Waals surface area contributed by atoms with E-state index in [4.69, 9.17) is 5.73 Å². The van der Waals surface area contributed by atoms with Crippen molar-refractivity contribution in [3.05, 3.63) is 17.3 Å². The van der Waals surface area contributed by atoms with Gasteiger partial charge in [-0.05, 0) is 6.07 Å². The van der Waals surface area contributed by atoms with Crippen LogP contribution in [0.1, 0.15) is 5.82 Å². The van der Waals surface area contributed by atoms with E-state index in [2.05, 4.69) is 25.3 Å². The van der Waals surface area contributed by atoms with Gasteiger partial charge in [-0.2, -0.15) is 5.21 Å². The van der Waals surface area contributed by atoms with Crippen molar-refractivity contribution in [3.63, 3.8) is 0 Å². The summed E-state index contributed by atoms with van der Waals surface area (Å²) in [4.78, 5) is 0. The summed E-state index contributed by atoms with van der Waals surface area (Å²) in [5.74, 6) is 0.271. The van der Waals surface area contributed by atoms with Crippen molar-refractivity contribution in [2.24, 2.45) is 0 Å². The molecule has 2 rings (SSSR count). The number of H-pyrrole nitrogens is 1. The smallest absolute Gasteiger partial charge is 0.250 e. The second kappa shape index (κ2) is 4.15. The van der Waals surface area contributed by atoms with Crippen molar-refractivity contribution in [1.29, 1.82) is 0 Å². The molecule has 10 heteroatoms. The van der Waals surface area contributed by atoms with Gasteiger partial charge in [-0.3, -0.25) is 0 Å². The zero-order chi connectivity index (χ0) is 11.6. The van der Waals surface area contributed by atoms with E-state index in [1.54, 1.807) is 5.38 Å². The van der Waals surface area contributed by atoms with Crippen molar-refractivity contribution < 1.29 is 8.42 Å². The number of tetrazole rings is 1. The summed E-state index contributed by atoms with van der Waals surface area (Å²) < 4.78 is 25.9. The summed E-state index contributed by atoms with van der Waals surface area (Å²) in [6.07, 6.45) is 0. The lowest BCUT2D eigenvalue weighted by atomic mass is 10.6. The third-order valence-electron chi connectivity index (χ3n) is 1.67. The van der Waals surface area contributed by atoms with Gasteiger partial charge in [0.2, 0.25) is 0 Å². The Morgan fingerprint density at radius 3 is 2.94 bits per heavy atom. The molecule has 0 fully saturated rings. The molecule has 0 radical (unpaired) electrons. The van der Waals surface area contributed by atoms with Crippen LogP contribution in [0.4, 0.5) is 5.69 Å². The Bertz CT molecular complexity index is 560. The molecule has 0 aliphatic carbocycles. The highest BCUT2D eigenvalue weighted by Crippen LogP contribution is 2.21. The Morgan fingerprint density at radius 1 is 1.56 bits per heavy atom. The van der Waals surface area contributed by atoms with Crippen LogP contribution in [-0.4, -0.2) is 29.0 Å². The highest BCUT2D eigenvalue weighted by atomic mass is 32.2. The van der Waals surface area contributed by atoms with E-state index < -0.39 is 10.0 Å². The maximum atomic E-state index is 11.7. The summed E-state index contributed by atoms with van der Waals surface area (Å²) in [5.41, 5.74) is 5.87. The van der Waals surface area contributed by atoms with Gasteiger partial charge in [0.05, 0.1) is 6.54 Å². The number of hydrogen-bond acceptors (Lipinski definition) is 7. The van der Waals surface area contributed by atoms with E-state index in [-0.39, 0.29) is 16.6 Å². The average molecular weight is 260 g/mol. The van der Waals surface area contributed by atoms with Gasteiger partial charge in [-0.15, -0.1) is 21.5 Å². The third kappa shape index (κ3) is 2.35. The maximum Gasteiger partial charge on any atom is 0.250 e. The van der Waals surface area contributed by atoms with E-state index in [1.807, 2.05) is 0 Å². The molecule has 0 unspecified atom stereocenters. The van der Waals surface area contributed by atoms with E-state index in [1.165, 1.54) is 6.07 Å². The first-order valence-corrected chi connectivity index (χ1v) is 6.50. The first-order valence-electron chi connectivity index (χ1n) is 4.14. The molecule has 0 aliphatic rings. The first kappa shape index (κ1) is 11.0. The maximum absolute atomic E-state index is 11.7. The lowest BCUT2D eigenvalue weighted by Crippen LogP contribution is -2.23. The molecule has 86 valence electrons. The minimum atomic E-state index is -3.55. The summed E-state index contributed by atoms with van der Waals surface area (Å²) in [7, 11) is -3.55. The minimum absolute atomic E-state index is 0.0172. The van der Waals surface area contributed by atoms with Crippen molar-refractivity contribution in [3.8, 4) is 0 Å². The SMILES string of the molecule is Nc1csc(S(=O)(=O)NCc2nn[nH]n2)c1. The van der Waals surface area contributed by atoms with Gasteiger partial charge in [0.15, 0.2) is 5.82 Å². The van der Waals surface area contributed by atoms with Crippen LogP contribution in [0.3, 0.4) is 0 Å². The largest absolute Gasteiger partial charge is 0.398 e. The number of rotatable bonds is 4. The summed E-state index contributed by atoms with van der Waals surface area (Å²) in [5, 5.41) is 14.3. The molecular formula is C6H8N6O2S2. The average Bonchev–Trinajstić information content (AvgIpc) is 2.85. The number of nitrogens with two attached hydrogens (primary N) is 1. The van der Waals surface area contributed by atoms with Gasteiger partial charge in [0.25, 0.3) is 10.0 Å². The fourth-order valence-electron chi connectivity index (χ4n) is 0.959. The van der Waals surface area contributed by atoms with Crippen molar-refractivity contribution in [2.75, 3.05) is 5.73 Å². The van der Waals surface area contributed by atoms with Gasteiger partial charge in [0.1, 0.15) is 4.21 Å². The monoisotopic (exact) mass is 260 g/mol. The van der Waals surface area contributed by atoms with Gasteiger partial charge < -0.3 is 5.73 Å². The highest BCUT2D eigenvalue weighted by Gasteiger charge is 2.16. The molecular weight excluding hydrogens is 252 g/mol. The van der Waals surface area contributed by atoms with Crippen LogP contribution < -0.4 is 10.5 Å². The zero-order valence-corrected chi connectivity index (χ0v) is 9.55. The fourth-order valence-corrected chi connectivity index (χ4v) is 3.06. The Kier molecular flexibility index (Phi) is 2.85. The van der Waals surface area contributed by atoms with E-state index in [0.29, 0.717) is 5.69 Å². The predicted octanol–water partition coefficient (Wildman–Crippen LogP) is -0.678. The van der Waals surface area contributed by atoms with Crippen LogP contribution in [0.5, 0.6) is 0 Å². The van der Waals surface area contributed by atoms with Gasteiger partial charge in [-0.1, -0.05) is 5.21 Å². The molecule has 2 aromatic rings. The predicted molar refractivity (Wildman–Crippen MR) is 56.9 cm³/mol. The molecule has 0 aliphatic heterocycles. The highest BCUT2D eigenvalue weighted by molar-refractivity contribution is 7.91. The molecule has 0 aromatic carbocycles. The number of aromatic nitrogens is 4. The van der Waals surface area contributed by atoms with Gasteiger partial charge >= 0.3 is 0 Å². The molecule has 16 heavy (non-hydrogen) atoms. The summed E-state index contributed by atoms with van der Waals surface area (Å²) >= 11 is 1.05. The van der Waals surface area contributed by atoms with Gasteiger partial charge in [0, 0.05) is 11.1 Å². The Balaban J connectivity index is 2.09. The topological polar surface area (TPSA) is 127 Å². The quantitative estimate of drug-likeness (QED) is 0.668. The van der Waals surface area contributed by atoms with Crippen molar-refractivity contribution >= 4 is 27.0 Å². The molecule has 2 aromatic heterocycles. The molecule has 0 saturated heterocycles. The van der Waals surface area contributed by atoms with E-state index >= 15 is 0 Å². The van der Waals surface area contributed by atoms with Gasteiger partial charge in [-0.25, -0.2) is 13.1 Å². The first-order chi connectivity index (χ1) is 7.58. The molecule has 0 amide bonds. The third-order valence-corrected chi connectivity index (χ3v) is 4.53. The number of anilines is 1. The number of nitrogens with one attached hydrogen (secondary N) is 2. The van der Waals surface area contributed by atoms with Crippen LogP contribution in [0.25, 0.3) is 0 Å². The molecule has 0 atom stereocenters. The molecule has 0 spiro atoms. The number of hydrogen-bond donors (Lipinski definition) is 3. The molecule has 0 saturated carbocycles. The number of sulfonamides is 1. The van der Waals surface area contributed by atoms with E-state index in [9.17, 15) is 8.42 Å². The number of aromatic amines is 1. The standard InChI is InChI=1S/C6H8N6O2S2/c7-4-1-6(15-3-4)16(13,14)8-2-5-9-11-12-10-5/h1,3,8H,2,7H2,(H,9,10,11,12). The number of nitrogens with zero attached hydrogens (tertiary/aromatic N) is 3. The Hall–Kier alpha value is -1.52. The van der Waals surface area contributed by atoms with Crippen LogP contribution in [-0.2, 0) is 16.6 Å². The minimum Gasteiger partial charge on any atom is -0.398 e. The van der Waals surface area contributed by atoms with Crippen molar-refractivity contribution in [2.45, 2.75) is 10.8 Å². The zero-order valence-electron chi connectivity index (χ0n) is 7.91. The number of thiophene rings is 1.